The van der Waals surface area contributed by atoms with Crippen molar-refractivity contribution >= 4 is 23.9 Å². The van der Waals surface area contributed by atoms with Crippen LogP contribution in [-0.4, -0.2) is 86.6 Å². The molecule has 0 aromatic heterocycles. The van der Waals surface area contributed by atoms with E-state index in [0.29, 0.717) is 5.75 Å². The smallest absolute Gasteiger partial charge is 0.347 e. The quantitative estimate of drug-likeness (QED) is 0.0792. The van der Waals surface area contributed by atoms with Gasteiger partial charge in [-0.2, -0.15) is 0 Å². The minimum atomic E-state index is -1.56. The number of rotatable bonds is 15. The number of methoxy groups -OCH3 is 1. The molecular formula is C36H39NO12. The van der Waals surface area contributed by atoms with E-state index in [9.17, 15) is 24.3 Å². The highest BCUT2D eigenvalue weighted by atomic mass is 16.6. The third kappa shape index (κ3) is 10.1. The molecule has 0 aliphatic carbocycles. The number of benzene rings is 3. The Morgan fingerprint density at radius 2 is 1.31 bits per heavy atom. The molecule has 5 atom stereocenters. The normalized spacial score (nSPS) is 19.9. The second-order valence-electron chi connectivity index (χ2n) is 10.6. The Morgan fingerprint density at radius 3 is 1.82 bits per heavy atom. The van der Waals surface area contributed by atoms with Crippen LogP contribution in [0.2, 0.25) is 0 Å². The summed E-state index contributed by atoms with van der Waals surface area (Å²) in [6.07, 6.45) is -6.12. The lowest BCUT2D eigenvalue weighted by Crippen LogP contribution is -2.64. The van der Waals surface area contributed by atoms with Crippen molar-refractivity contribution in [2.24, 2.45) is 0 Å². The van der Waals surface area contributed by atoms with E-state index in [4.69, 9.17) is 33.2 Å². The van der Waals surface area contributed by atoms with Gasteiger partial charge in [0.25, 0.3) is 0 Å². The summed E-state index contributed by atoms with van der Waals surface area (Å²) < 4.78 is 38.9. The van der Waals surface area contributed by atoms with E-state index in [1.54, 1.807) is 69.5 Å². The second-order valence-corrected chi connectivity index (χ2v) is 10.6. The van der Waals surface area contributed by atoms with E-state index in [2.05, 4.69) is 5.32 Å². The van der Waals surface area contributed by atoms with E-state index in [0.717, 1.165) is 11.8 Å². The van der Waals surface area contributed by atoms with E-state index >= 15 is 0 Å². The summed E-state index contributed by atoms with van der Waals surface area (Å²) in [7, 11) is 1.56. The Morgan fingerprint density at radius 1 is 0.776 bits per heavy atom. The number of hydrogen-bond acceptors (Lipinski definition) is 13. The topological polar surface area (TPSA) is 165 Å². The largest absolute Gasteiger partial charge is 0.497 e. The molecule has 4 rings (SSSR count). The third-order valence-electron chi connectivity index (χ3n) is 7.26. The van der Waals surface area contributed by atoms with Crippen molar-refractivity contribution in [3.63, 3.8) is 0 Å². The number of aliphatic hydroxyl groups is 1. The summed E-state index contributed by atoms with van der Waals surface area (Å²) in [6.45, 7) is 3.03. The minimum Gasteiger partial charge on any atom is -0.497 e. The first-order valence-corrected chi connectivity index (χ1v) is 15.6. The molecule has 0 unspecified atom stereocenters. The van der Waals surface area contributed by atoms with Gasteiger partial charge in [0, 0.05) is 6.20 Å². The molecule has 49 heavy (non-hydrogen) atoms. The zero-order valence-corrected chi connectivity index (χ0v) is 27.3. The van der Waals surface area contributed by atoms with Crippen molar-refractivity contribution in [2.75, 3.05) is 26.9 Å². The van der Waals surface area contributed by atoms with Crippen LogP contribution in [0, 0.1) is 0 Å². The Bertz CT molecular complexity index is 1540. The lowest BCUT2D eigenvalue weighted by atomic mass is 9.97. The molecule has 260 valence electrons. The van der Waals surface area contributed by atoms with E-state index in [1.165, 1.54) is 24.3 Å². The van der Waals surface area contributed by atoms with Gasteiger partial charge in [-0.05, 0) is 55.8 Å². The number of carbonyl (C=O) groups excluding carboxylic acids is 4. The molecule has 3 aromatic rings. The molecule has 0 amide bonds. The van der Waals surface area contributed by atoms with Gasteiger partial charge in [-0.1, -0.05) is 48.5 Å². The molecule has 1 aliphatic rings. The van der Waals surface area contributed by atoms with Crippen molar-refractivity contribution in [3.05, 3.63) is 113 Å². The van der Waals surface area contributed by atoms with Gasteiger partial charge in [-0.25, -0.2) is 19.2 Å². The first-order chi connectivity index (χ1) is 23.7. The Hall–Kier alpha value is -5.24. The number of nitrogens with one attached hydrogen (secondary N) is 1. The first kappa shape index (κ1) is 36.6. The van der Waals surface area contributed by atoms with Crippen LogP contribution in [0.3, 0.4) is 0 Å². The maximum Gasteiger partial charge on any atom is 0.347 e. The number of aliphatic hydroxyl groups excluding tert-OH is 1. The lowest BCUT2D eigenvalue weighted by molar-refractivity contribution is -0.237. The molecule has 1 heterocycles. The van der Waals surface area contributed by atoms with E-state index < -0.39 is 60.1 Å². The van der Waals surface area contributed by atoms with Crippen LogP contribution in [0.4, 0.5) is 0 Å². The first-order valence-electron chi connectivity index (χ1n) is 15.6. The SMILES string of the molecule is CCOC(=O)C(=CN[C@@H]1O[C@H](COCc2ccc(OC)cc2)[C@@H](O)[C@H](OC(=O)c2ccccc2)[C@H]1OC(=O)c1ccccc1)C(=O)OCC. The summed E-state index contributed by atoms with van der Waals surface area (Å²) in [5.41, 5.74) is 0.650. The van der Waals surface area contributed by atoms with Crippen LogP contribution in [0.5, 0.6) is 5.75 Å². The summed E-state index contributed by atoms with van der Waals surface area (Å²) in [6, 6.07) is 23.2. The summed E-state index contributed by atoms with van der Waals surface area (Å²) in [4.78, 5) is 52.0. The number of esters is 4. The predicted octanol–water partition coefficient (Wildman–Crippen LogP) is 3.35. The number of carbonyl (C=O) groups is 4. The van der Waals surface area contributed by atoms with Gasteiger partial charge >= 0.3 is 23.9 Å². The fourth-order valence-electron chi connectivity index (χ4n) is 4.79. The van der Waals surface area contributed by atoms with Gasteiger partial charge in [-0.15, -0.1) is 0 Å². The highest BCUT2D eigenvalue weighted by Gasteiger charge is 2.50. The second kappa shape index (κ2) is 18.3. The Kier molecular flexibility index (Phi) is 13.7. The molecule has 0 bridgehead atoms. The molecular weight excluding hydrogens is 638 g/mol. The molecule has 1 fully saturated rings. The highest BCUT2D eigenvalue weighted by molar-refractivity contribution is 6.14. The van der Waals surface area contributed by atoms with Crippen LogP contribution >= 0.6 is 0 Å². The monoisotopic (exact) mass is 677 g/mol. The van der Waals surface area contributed by atoms with Gasteiger partial charge in [0.1, 0.15) is 18.0 Å². The van der Waals surface area contributed by atoms with Crippen molar-refractivity contribution in [1.82, 2.24) is 5.32 Å². The Labute approximate surface area is 283 Å². The molecule has 13 nitrogen and oxygen atoms in total. The van der Waals surface area contributed by atoms with Crippen LogP contribution in [-0.2, 0) is 44.6 Å². The van der Waals surface area contributed by atoms with Crippen LogP contribution in [0.25, 0.3) is 0 Å². The average Bonchev–Trinajstić information content (AvgIpc) is 3.12. The fourth-order valence-corrected chi connectivity index (χ4v) is 4.79. The van der Waals surface area contributed by atoms with Gasteiger partial charge in [0.2, 0.25) is 0 Å². The molecule has 2 N–H and O–H groups in total. The third-order valence-corrected chi connectivity index (χ3v) is 7.26. The minimum absolute atomic E-state index is 0.0237. The fraction of sp³-hybridized carbons (Fsp3) is 0.333. The van der Waals surface area contributed by atoms with Gasteiger partial charge in [-0.3, -0.25) is 0 Å². The van der Waals surface area contributed by atoms with Crippen LogP contribution < -0.4 is 10.1 Å². The van der Waals surface area contributed by atoms with Crippen molar-refractivity contribution in [1.29, 1.82) is 0 Å². The van der Waals surface area contributed by atoms with Gasteiger partial charge < -0.3 is 43.6 Å². The molecule has 13 heteroatoms. The molecule has 3 aromatic carbocycles. The Balaban J connectivity index is 1.68. The zero-order valence-electron chi connectivity index (χ0n) is 27.3. The molecule has 1 saturated heterocycles. The van der Waals surface area contributed by atoms with Crippen molar-refractivity contribution in [2.45, 2.75) is 51.1 Å². The van der Waals surface area contributed by atoms with Crippen molar-refractivity contribution < 1.29 is 57.4 Å². The predicted molar refractivity (Wildman–Crippen MR) is 173 cm³/mol. The molecule has 1 aliphatic heterocycles. The maximum atomic E-state index is 13.3. The molecule has 0 spiro atoms. The summed E-state index contributed by atoms with van der Waals surface area (Å²) in [5, 5.41) is 14.4. The number of hydrogen-bond donors (Lipinski definition) is 2. The van der Waals surface area contributed by atoms with Crippen molar-refractivity contribution in [3.8, 4) is 5.75 Å². The average molecular weight is 678 g/mol. The zero-order chi connectivity index (χ0) is 35.2. The van der Waals surface area contributed by atoms with E-state index in [1.807, 2.05) is 12.1 Å². The molecule has 0 radical (unpaired) electrons. The van der Waals surface area contributed by atoms with Gasteiger partial charge in [0.05, 0.1) is 44.7 Å². The van der Waals surface area contributed by atoms with Crippen LogP contribution in [0.15, 0.2) is 96.7 Å². The highest BCUT2D eigenvalue weighted by Crippen LogP contribution is 2.28. The van der Waals surface area contributed by atoms with Gasteiger partial charge in [0.15, 0.2) is 24.0 Å². The maximum absolute atomic E-state index is 13.3. The summed E-state index contributed by atoms with van der Waals surface area (Å²) >= 11 is 0. The lowest BCUT2D eigenvalue weighted by Gasteiger charge is -2.43. The van der Waals surface area contributed by atoms with Crippen LogP contribution in [0.1, 0.15) is 40.1 Å². The standard InChI is InChI=1S/C36H39NO12/c1-4-45-35(41)27(36(42)46-5-2)20-37-32-31(49-34(40)25-14-10-7-11-15-25)30(48-33(39)24-12-8-6-9-13-24)29(38)28(47-32)22-44-21-23-16-18-26(43-3)19-17-23/h6-20,28-32,37-38H,4-5,21-22H2,1-3H3/t28-,29-,30+,31-,32-/m1/s1. The van der Waals surface area contributed by atoms with E-state index in [-0.39, 0.29) is 37.6 Å². The summed E-state index contributed by atoms with van der Waals surface area (Å²) in [5.74, 6) is -2.91. The molecule has 0 saturated carbocycles. The number of ether oxygens (including phenoxy) is 7.